The Labute approximate surface area is 84.0 Å². The second-order valence-electron chi connectivity index (χ2n) is 3.22. The van der Waals surface area contributed by atoms with Crippen LogP contribution in [-0.4, -0.2) is 6.08 Å². The normalized spacial score (nSPS) is 11.6. The van der Waals surface area contributed by atoms with Crippen molar-refractivity contribution in [1.29, 1.82) is 0 Å². The number of nitrogens with zero attached hydrogens (tertiary/aromatic N) is 1. The number of hydrogen-bond acceptors (Lipinski definition) is 2. The Bertz CT molecular complexity index is 389. The molecule has 1 unspecified atom stereocenters. The second kappa shape index (κ2) is 4.54. The highest BCUT2D eigenvalue weighted by atomic mass is 16.1. The summed E-state index contributed by atoms with van der Waals surface area (Å²) in [6.45, 7) is 7.62. The van der Waals surface area contributed by atoms with Crippen LogP contribution < -0.4 is 0 Å². The molecule has 0 heterocycles. The predicted molar refractivity (Wildman–Crippen MR) is 57.8 cm³/mol. The standard InChI is InChI=1S/C12H13NO/c1-4-11-7-12(6-5-9(11)2)10(3)13-8-14/h4-7,10H,1H2,2-3H3. The number of isocyanates is 1. The Morgan fingerprint density at radius 2 is 2.29 bits per heavy atom. The molecule has 2 heteroatoms. The van der Waals surface area contributed by atoms with Crippen LogP contribution in [0.25, 0.3) is 6.08 Å². The largest absolute Gasteiger partial charge is 0.235 e. The molecule has 0 aliphatic heterocycles. The fourth-order valence-electron chi connectivity index (χ4n) is 1.29. The van der Waals surface area contributed by atoms with Gasteiger partial charge in [-0.05, 0) is 36.6 Å². The third-order valence-corrected chi connectivity index (χ3v) is 2.25. The van der Waals surface area contributed by atoms with Crippen LogP contribution in [0.15, 0.2) is 29.8 Å². The molecule has 0 bridgehead atoms. The summed E-state index contributed by atoms with van der Waals surface area (Å²) >= 11 is 0. The van der Waals surface area contributed by atoms with Crippen LogP contribution in [0.5, 0.6) is 0 Å². The molecule has 1 aromatic rings. The molecule has 1 aromatic carbocycles. The predicted octanol–water partition coefficient (Wildman–Crippen LogP) is 3.03. The molecule has 0 saturated carbocycles. The van der Waals surface area contributed by atoms with Crippen LogP contribution in [0, 0.1) is 6.92 Å². The fraction of sp³-hybridized carbons (Fsp3) is 0.250. The van der Waals surface area contributed by atoms with E-state index >= 15 is 0 Å². The summed E-state index contributed by atoms with van der Waals surface area (Å²) in [6.07, 6.45) is 3.37. The van der Waals surface area contributed by atoms with Crippen molar-refractivity contribution in [2.45, 2.75) is 19.9 Å². The lowest BCUT2D eigenvalue weighted by atomic mass is 10.0. The summed E-state index contributed by atoms with van der Waals surface area (Å²) in [6, 6.07) is 5.83. The molecular formula is C12H13NO. The topological polar surface area (TPSA) is 29.4 Å². The minimum absolute atomic E-state index is 0.133. The number of carbonyl (C=O) groups excluding carboxylic acids is 1. The summed E-state index contributed by atoms with van der Waals surface area (Å²) in [4.78, 5) is 13.8. The second-order valence-corrected chi connectivity index (χ2v) is 3.22. The van der Waals surface area contributed by atoms with Gasteiger partial charge >= 0.3 is 0 Å². The Morgan fingerprint density at radius 3 is 2.86 bits per heavy atom. The lowest BCUT2D eigenvalue weighted by Gasteiger charge is -2.07. The van der Waals surface area contributed by atoms with Gasteiger partial charge in [-0.3, -0.25) is 0 Å². The van der Waals surface area contributed by atoms with E-state index in [-0.39, 0.29) is 6.04 Å². The van der Waals surface area contributed by atoms with E-state index in [2.05, 4.69) is 11.6 Å². The van der Waals surface area contributed by atoms with Gasteiger partial charge in [-0.1, -0.05) is 24.8 Å². The number of aryl methyl sites for hydroxylation is 1. The summed E-state index contributed by atoms with van der Waals surface area (Å²) in [5, 5.41) is 0. The van der Waals surface area contributed by atoms with Crippen LogP contribution in [0.4, 0.5) is 0 Å². The van der Waals surface area contributed by atoms with E-state index in [1.165, 1.54) is 5.56 Å². The highest BCUT2D eigenvalue weighted by Gasteiger charge is 2.04. The average molecular weight is 187 g/mol. The molecule has 0 aliphatic carbocycles. The van der Waals surface area contributed by atoms with E-state index < -0.39 is 0 Å². The Morgan fingerprint density at radius 1 is 1.57 bits per heavy atom. The van der Waals surface area contributed by atoms with E-state index in [4.69, 9.17) is 0 Å². The van der Waals surface area contributed by atoms with E-state index in [0.29, 0.717) is 0 Å². The Hall–Kier alpha value is -1.66. The molecule has 0 fully saturated rings. The van der Waals surface area contributed by atoms with Gasteiger partial charge in [0.05, 0.1) is 6.04 Å². The molecule has 0 N–H and O–H groups in total. The zero-order chi connectivity index (χ0) is 10.6. The van der Waals surface area contributed by atoms with Gasteiger partial charge in [0.25, 0.3) is 0 Å². The first-order chi connectivity index (χ1) is 6.69. The molecule has 1 atom stereocenters. The third kappa shape index (κ3) is 2.18. The van der Waals surface area contributed by atoms with Gasteiger partial charge in [0.15, 0.2) is 0 Å². The number of rotatable bonds is 3. The van der Waals surface area contributed by atoms with Crippen molar-refractivity contribution < 1.29 is 4.79 Å². The van der Waals surface area contributed by atoms with Crippen LogP contribution in [-0.2, 0) is 4.79 Å². The Kier molecular flexibility index (Phi) is 3.38. The van der Waals surface area contributed by atoms with Crippen molar-refractivity contribution in [3.05, 3.63) is 41.5 Å². The summed E-state index contributed by atoms with van der Waals surface area (Å²) in [7, 11) is 0. The van der Waals surface area contributed by atoms with Gasteiger partial charge < -0.3 is 0 Å². The molecule has 14 heavy (non-hydrogen) atoms. The number of aliphatic imine (C=N–C) groups is 1. The van der Waals surface area contributed by atoms with Gasteiger partial charge in [-0.25, -0.2) is 4.79 Å². The van der Waals surface area contributed by atoms with Crippen molar-refractivity contribution in [3.63, 3.8) is 0 Å². The van der Waals surface area contributed by atoms with E-state index in [1.54, 1.807) is 12.2 Å². The monoisotopic (exact) mass is 187 g/mol. The van der Waals surface area contributed by atoms with Crippen molar-refractivity contribution in [3.8, 4) is 0 Å². The van der Waals surface area contributed by atoms with E-state index in [9.17, 15) is 4.79 Å². The minimum Gasteiger partial charge on any atom is -0.211 e. The highest BCUT2D eigenvalue weighted by Crippen LogP contribution is 2.20. The first-order valence-corrected chi connectivity index (χ1v) is 4.49. The summed E-state index contributed by atoms with van der Waals surface area (Å²) in [5.74, 6) is 0. The molecule has 2 nitrogen and oxygen atoms in total. The molecule has 0 aliphatic rings. The molecule has 0 radical (unpaired) electrons. The molecule has 1 rings (SSSR count). The summed E-state index contributed by atoms with van der Waals surface area (Å²) in [5.41, 5.74) is 3.26. The van der Waals surface area contributed by atoms with Crippen molar-refractivity contribution in [1.82, 2.24) is 0 Å². The molecular weight excluding hydrogens is 174 g/mol. The molecule has 72 valence electrons. The maximum atomic E-state index is 10.1. The number of benzene rings is 1. The van der Waals surface area contributed by atoms with Crippen LogP contribution in [0.1, 0.15) is 29.7 Å². The third-order valence-electron chi connectivity index (χ3n) is 2.25. The van der Waals surface area contributed by atoms with Gasteiger partial charge in [0, 0.05) is 0 Å². The zero-order valence-electron chi connectivity index (χ0n) is 8.45. The van der Waals surface area contributed by atoms with Crippen LogP contribution in [0.3, 0.4) is 0 Å². The van der Waals surface area contributed by atoms with Gasteiger partial charge in [-0.15, -0.1) is 0 Å². The molecule has 0 spiro atoms. The van der Waals surface area contributed by atoms with Gasteiger partial charge in [-0.2, -0.15) is 4.99 Å². The van der Waals surface area contributed by atoms with E-state index in [0.717, 1.165) is 11.1 Å². The maximum Gasteiger partial charge on any atom is 0.235 e. The highest BCUT2D eigenvalue weighted by molar-refractivity contribution is 5.53. The first kappa shape index (κ1) is 10.4. The van der Waals surface area contributed by atoms with Crippen LogP contribution in [0.2, 0.25) is 0 Å². The molecule has 0 aromatic heterocycles. The molecule has 0 saturated heterocycles. The Balaban J connectivity index is 3.11. The lowest BCUT2D eigenvalue weighted by molar-refractivity contribution is 0.559. The SMILES string of the molecule is C=Cc1cc(C(C)N=C=O)ccc1C. The summed E-state index contributed by atoms with van der Waals surface area (Å²) < 4.78 is 0. The molecule has 0 amide bonds. The van der Waals surface area contributed by atoms with Crippen LogP contribution >= 0.6 is 0 Å². The van der Waals surface area contributed by atoms with Crippen molar-refractivity contribution in [2.75, 3.05) is 0 Å². The quantitative estimate of drug-likeness (QED) is 0.528. The zero-order valence-corrected chi connectivity index (χ0v) is 8.45. The van der Waals surface area contributed by atoms with Gasteiger partial charge in [0.2, 0.25) is 6.08 Å². The van der Waals surface area contributed by atoms with Crippen molar-refractivity contribution >= 4 is 12.2 Å². The first-order valence-electron chi connectivity index (χ1n) is 4.49. The lowest BCUT2D eigenvalue weighted by Crippen LogP contribution is -1.91. The number of hydrogen-bond donors (Lipinski definition) is 0. The fourth-order valence-corrected chi connectivity index (χ4v) is 1.29. The minimum atomic E-state index is -0.133. The maximum absolute atomic E-state index is 10.1. The van der Waals surface area contributed by atoms with Gasteiger partial charge in [0.1, 0.15) is 0 Å². The average Bonchev–Trinajstić information content (AvgIpc) is 2.19. The van der Waals surface area contributed by atoms with Crippen molar-refractivity contribution in [2.24, 2.45) is 4.99 Å². The smallest absolute Gasteiger partial charge is 0.211 e. The van der Waals surface area contributed by atoms with E-state index in [1.807, 2.05) is 32.0 Å².